The number of ether oxygens (including phenoxy) is 3. The first-order chi connectivity index (χ1) is 13.9. The first-order valence-electron chi connectivity index (χ1n) is 9.27. The number of hydrogen-bond donors (Lipinski definition) is 0. The number of fused-ring (bicyclic) bond motifs is 1. The molecule has 0 saturated carbocycles. The zero-order valence-electron chi connectivity index (χ0n) is 16.9. The minimum Gasteiger partial charge on any atom is -0.493 e. The van der Waals surface area contributed by atoms with Crippen molar-refractivity contribution < 1.29 is 19.0 Å². The van der Waals surface area contributed by atoms with Crippen LogP contribution in [0.25, 0.3) is 10.1 Å². The second kappa shape index (κ2) is 8.54. The van der Waals surface area contributed by atoms with Gasteiger partial charge in [-0.2, -0.15) is 5.26 Å². The van der Waals surface area contributed by atoms with Gasteiger partial charge in [-0.15, -0.1) is 11.3 Å². The van der Waals surface area contributed by atoms with Gasteiger partial charge in [0.25, 0.3) is 0 Å². The molecule has 0 aliphatic heterocycles. The third kappa shape index (κ3) is 4.06. The van der Waals surface area contributed by atoms with Gasteiger partial charge in [0, 0.05) is 22.1 Å². The second-order valence-electron chi connectivity index (χ2n) is 6.88. The molecule has 1 atom stereocenters. The van der Waals surface area contributed by atoms with Crippen LogP contribution in [0, 0.1) is 11.3 Å². The number of methoxy groups -OCH3 is 2. The number of nitrogens with zero attached hydrogens (tertiary/aromatic N) is 1. The molecule has 0 spiro atoms. The van der Waals surface area contributed by atoms with Crippen LogP contribution in [0.4, 0.5) is 0 Å². The number of rotatable bonds is 7. The quantitative estimate of drug-likeness (QED) is 0.522. The molecule has 3 aromatic rings. The summed E-state index contributed by atoms with van der Waals surface area (Å²) in [6.45, 7) is 4.00. The lowest BCUT2D eigenvalue weighted by molar-refractivity contribution is -0.149. The third-order valence-electron chi connectivity index (χ3n) is 4.98. The molecule has 29 heavy (non-hydrogen) atoms. The van der Waals surface area contributed by atoms with E-state index in [1.807, 2.05) is 31.2 Å². The zero-order valence-corrected chi connectivity index (χ0v) is 17.8. The number of hydrogen-bond acceptors (Lipinski definition) is 6. The minimum atomic E-state index is -0.862. The van der Waals surface area contributed by atoms with Crippen molar-refractivity contribution in [3.63, 3.8) is 0 Å². The number of carbonyl (C=O) groups is 1. The molecule has 0 amide bonds. The number of carbonyl (C=O) groups excluding carboxylic acids is 1. The summed E-state index contributed by atoms with van der Waals surface area (Å²) >= 11 is 1.62. The smallest absolute Gasteiger partial charge is 0.316 e. The molecule has 6 heteroatoms. The standard InChI is InChI=1S/C23H23NO4S/c1-5-28-22(25)23(2,17-8-6-15(14-24)7-9-17)13-18-10-16-11-19(26-3)20(27-4)12-21(16)29-18/h6-12H,5,13H2,1-4H3. The van der Waals surface area contributed by atoms with Gasteiger partial charge in [-0.05, 0) is 49.1 Å². The van der Waals surface area contributed by atoms with Crippen LogP contribution in [-0.4, -0.2) is 26.8 Å². The average molecular weight is 410 g/mol. The van der Waals surface area contributed by atoms with E-state index in [0.717, 1.165) is 20.5 Å². The maximum absolute atomic E-state index is 12.9. The van der Waals surface area contributed by atoms with Crippen molar-refractivity contribution in [3.8, 4) is 17.6 Å². The number of nitriles is 1. The molecule has 0 radical (unpaired) electrons. The SMILES string of the molecule is CCOC(=O)C(C)(Cc1cc2cc(OC)c(OC)cc2s1)c1ccc(C#N)cc1. The fraction of sp³-hybridized carbons (Fsp3) is 0.304. The molecular weight excluding hydrogens is 386 g/mol. The summed E-state index contributed by atoms with van der Waals surface area (Å²) in [6.07, 6.45) is 0.488. The topological polar surface area (TPSA) is 68.6 Å². The molecule has 0 N–H and O–H groups in total. The third-order valence-corrected chi connectivity index (χ3v) is 6.08. The largest absolute Gasteiger partial charge is 0.493 e. The first-order valence-corrected chi connectivity index (χ1v) is 10.1. The summed E-state index contributed by atoms with van der Waals surface area (Å²) in [6, 6.07) is 15.2. The number of benzene rings is 2. The molecule has 1 unspecified atom stereocenters. The van der Waals surface area contributed by atoms with Gasteiger partial charge >= 0.3 is 5.97 Å². The summed E-state index contributed by atoms with van der Waals surface area (Å²) in [5.74, 6) is 1.07. The molecule has 2 aromatic carbocycles. The van der Waals surface area contributed by atoms with E-state index < -0.39 is 5.41 Å². The van der Waals surface area contributed by atoms with Gasteiger partial charge in [0.15, 0.2) is 11.5 Å². The average Bonchev–Trinajstić information content (AvgIpc) is 3.13. The van der Waals surface area contributed by atoms with Crippen LogP contribution in [0.5, 0.6) is 11.5 Å². The Labute approximate surface area is 174 Å². The molecule has 150 valence electrons. The molecule has 1 heterocycles. The number of thiophene rings is 1. The lowest BCUT2D eigenvalue weighted by Crippen LogP contribution is -2.36. The Balaban J connectivity index is 2.03. The summed E-state index contributed by atoms with van der Waals surface area (Å²) < 4.78 is 17.2. The molecular formula is C23H23NO4S. The molecule has 3 rings (SSSR count). The van der Waals surface area contributed by atoms with E-state index in [4.69, 9.17) is 19.5 Å². The van der Waals surface area contributed by atoms with Crippen molar-refractivity contribution in [2.45, 2.75) is 25.7 Å². The van der Waals surface area contributed by atoms with Crippen molar-refractivity contribution in [1.29, 1.82) is 5.26 Å². The van der Waals surface area contributed by atoms with E-state index in [1.165, 1.54) is 0 Å². The zero-order chi connectivity index (χ0) is 21.0. The van der Waals surface area contributed by atoms with E-state index in [1.54, 1.807) is 44.6 Å². The maximum Gasteiger partial charge on any atom is 0.316 e. The van der Waals surface area contributed by atoms with E-state index in [-0.39, 0.29) is 5.97 Å². The van der Waals surface area contributed by atoms with E-state index in [0.29, 0.717) is 30.1 Å². The minimum absolute atomic E-state index is 0.280. The van der Waals surface area contributed by atoms with Gasteiger partial charge in [-0.3, -0.25) is 4.79 Å². The van der Waals surface area contributed by atoms with Crippen molar-refractivity contribution in [3.05, 3.63) is 58.5 Å². The van der Waals surface area contributed by atoms with Crippen LogP contribution in [0.2, 0.25) is 0 Å². The Morgan fingerprint density at radius 3 is 2.34 bits per heavy atom. The van der Waals surface area contributed by atoms with Gasteiger partial charge in [0.2, 0.25) is 0 Å². The summed E-state index contributed by atoms with van der Waals surface area (Å²) in [5, 5.41) is 10.1. The predicted octanol–water partition coefficient (Wildman–Crippen LogP) is 4.85. The Morgan fingerprint density at radius 1 is 1.10 bits per heavy atom. The summed E-state index contributed by atoms with van der Waals surface area (Å²) in [4.78, 5) is 14.0. The van der Waals surface area contributed by atoms with Crippen LogP contribution in [-0.2, 0) is 21.4 Å². The Morgan fingerprint density at radius 2 is 1.76 bits per heavy atom. The predicted molar refractivity (Wildman–Crippen MR) is 114 cm³/mol. The van der Waals surface area contributed by atoms with Gasteiger partial charge in [-0.1, -0.05) is 12.1 Å². The summed E-state index contributed by atoms with van der Waals surface area (Å²) in [7, 11) is 3.22. The monoisotopic (exact) mass is 409 g/mol. The molecule has 0 aliphatic rings. The molecule has 1 aromatic heterocycles. The van der Waals surface area contributed by atoms with E-state index in [9.17, 15) is 4.79 Å². The van der Waals surface area contributed by atoms with Crippen LogP contribution < -0.4 is 9.47 Å². The fourth-order valence-electron chi connectivity index (χ4n) is 3.35. The molecule has 5 nitrogen and oxygen atoms in total. The fourth-order valence-corrected chi connectivity index (χ4v) is 4.58. The second-order valence-corrected chi connectivity index (χ2v) is 8.04. The van der Waals surface area contributed by atoms with Crippen molar-refractivity contribution in [2.75, 3.05) is 20.8 Å². The highest BCUT2D eigenvalue weighted by molar-refractivity contribution is 7.19. The van der Waals surface area contributed by atoms with E-state index in [2.05, 4.69) is 12.1 Å². The van der Waals surface area contributed by atoms with Crippen molar-refractivity contribution in [1.82, 2.24) is 0 Å². The molecule has 0 saturated heterocycles. The van der Waals surface area contributed by atoms with Crippen LogP contribution in [0.15, 0.2) is 42.5 Å². The van der Waals surface area contributed by atoms with Crippen molar-refractivity contribution in [2.24, 2.45) is 0 Å². The normalized spacial score (nSPS) is 12.8. The van der Waals surface area contributed by atoms with Gasteiger partial charge in [0.05, 0.1) is 37.9 Å². The maximum atomic E-state index is 12.9. The van der Waals surface area contributed by atoms with Gasteiger partial charge < -0.3 is 14.2 Å². The first kappa shape index (κ1) is 20.7. The molecule has 0 fully saturated rings. The Kier molecular flexibility index (Phi) is 6.09. The van der Waals surface area contributed by atoms with Crippen molar-refractivity contribution >= 4 is 27.4 Å². The van der Waals surface area contributed by atoms with Gasteiger partial charge in [-0.25, -0.2) is 0 Å². The van der Waals surface area contributed by atoms with E-state index >= 15 is 0 Å². The highest BCUT2D eigenvalue weighted by Gasteiger charge is 2.37. The summed E-state index contributed by atoms with van der Waals surface area (Å²) in [5.41, 5.74) is 0.516. The van der Waals surface area contributed by atoms with Crippen LogP contribution in [0.1, 0.15) is 29.9 Å². The molecule has 0 bridgehead atoms. The van der Waals surface area contributed by atoms with Crippen LogP contribution in [0.3, 0.4) is 0 Å². The van der Waals surface area contributed by atoms with Gasteiger partial charge in [0.1, 0.15) is 0 Å². The highest BCUT2D eigenvalue weighted by Crippen LogP contribution is 2.39. The number of esters is 1. The molecule has 0 aliphatic carbocycles. The highest BCUT2D eigenvalue weighted by atomic mass is 32.1. The lowest BCUT2D eigenvalue weighted by Gasteiger charge is -2.27. The Hall–Kier alpha value is -3.04. The van der Waals surface area contributed by atoms with Crippen LogP contribution >= 0.6 is 11.3 Å². The lowest BCUT2D eigenvalue weighted by atomic mass is 9.78. The Bertz CT molecular complexity index is 1020.